The molecule has 14 heavy (non-hydrogen) atoms. The Morgan fingerprint density at radius 2 is 1.86 bits per heavy atom. The molecular formula is C7H15NO6. The molecule has 1 aliphatic heterocycles. The van der Waals surface area contributed by atoms with Gasteiger partial charge in [0.15, 0.2) is 0 Å². The summed E-state index contributed by atoms with van der Waals surface area (Å²) in [7, 11) is 1.44. The van der Waals surface area contributed by atoms with Gasteiger partial charge >= 0.3 is 0 Å². The fraction of sp³-hybridized carbons (Fsp3) is 1.00. The van der Waals surface area contributed by atoms with Crippen LogP contribution in [0, 0.1) is 0 Å². The molecule has 0 radical (unpaired) electrons. The van der Waals surface area contributed by atoms with E-state index in [2.05, 4.69) is 5.32 Å². The van der Waals surface area contributed by atoms with E-state index in [0.717, 1.165) is 0 Å². The highest BCUT2D eigenvalue weighted by atomic mass is 16.7. The van der Waals surface area contributed by atoms with E-state index in [9.17, 15) is 20.4 Å². The number of ether oxygens (including phenoxy) is 1. The summed E-state index contributed by atoms with van der Waals surface area (Å²) in [5.74, 6) is -2.26. The van der Waals surface area contributed by atoms with E-state index in [0.29, 0.717) is 0 Å². The highest BCUT2D eigenvalue weighted by Crippen LogP contribution is 2.26. The molecule has 7 nitrogen and oxygen atoms in total. The van der Waals surface area contributed by atoms with Crippen LogP contribution in [0.4, 0.5) is 0 Å². The smallest absolute Gasteiger partial charge is 0.220 e. The van der Waals surface area contributed by atoms with Crippen molar-refractivity contribution in [2.24, 2.45) is 0 Å². The predicted octanol–water partition coefficient (Wildman–Crippen LogP) is -3.67. The third kappa shape index (κ3) is 1.75. The first-order valence-corrected chi connectivity index (χ1v) is 4.19. The molecule has 1 unspecified atom stereocenters. The molecule has 0 spiro atoms. The molecule has 5 atom stereocenters. The highest BCUT2D eigenvalue weighted by molar-refractivity contribution is 4.94. The molecule has 0 aromatic carbocycles. The summed E-state index contributed by atoms with van der Waals surface area (Å²) in [5.41, 5.74) is 0. The van der Waals surface area contributed by atoms with Crippen LogP contribution in [0.25, 0.3) is 0 Å². The zero-order chi connectivity index (χ0) is 10.9. The number of rotatable bonds is 2. The molecule has 7 heteroatoms. The molecule has 1 saturated heterocycles. The Morgan fingerprint density at radius 1 is 1.29 bits per heavy atom. The summed E-state index contributed by atoms with van der Waals surface area (Å²) in [6.45, 7) is -0.879. The number of aliphatic hydroxyl groups excluding tert-OH is 4. The van der Waals surface area contributed by atoms with Gasteiger partial charge in [0.2, 0.25) is 5.79 Å². The normalized spacial score (nSPS) is 49.3. The van der Waals surface area contributed by atoms with Crippen LogP contribution in [0.15, 0.2) is 0 Å². The average Bonchev–Trinajstić information content (AvgIpc) is 2.20. The molecule has 0 amide bonds. The van der Waals surface area contributed by atoms with Crippen LogP contribution in [0.5, 0.6) is 0 Å². The maximum absolute atomic E-state index is 9.50. The first kappa shape index (κ1) is 11.8. The number of likely N-dealkylation sites (N-methyl/N-ethyl adjacent to an activating group) is 1. The van der Waals surface area contributed by atoms with E-state index < -0.39 is 36.9 Å². The largest absolute Gasteiger partial charge is 0.391 e. The number of hydrogen-bond acceptors (Lipinski definition) is 7. The van der Waals surface area contributed by atoms with Crippen molar-refractivity contribution in [3.63, 3.8) is 0 Å². The second-order valence-electron chi connectivity index (χ2n) is 3.26. The molecule has 0 bridgehead atoms. The molecule has 0 aromatic heterocycles. The molecule has 84 valence electrons. The van der Waals surface area contributed by atoms with Crippen LogP contribution >= 0.6 is 0 Å². The summed E-state index contributed by atoms with van der Waals surface area (Å²) in [6.07, 6.45) is -5.77. The third-order valence-electron chi connectivity index (χ3n) is 2.29. The van der Waals surface area contributed by atoms with E-state index in [-0.39, 0.29) is 0 Å². The number of nitrogens with one attached hydrogen (secondary N) is 1. The fourth-order valence-corrected chi connectivity index (χ4v) is 1.35. The molecule has 0 aromatic rings. The van der Waals surface area contributed by atoms with Crippen LogP contribution in [-0.2, 0) is 4.74 Å². The quantitative estimate of drug-likeness (QED) is 0.277. The molecule has 1 fully saturated rings. The zero-order valence-corrected chi connectivity index (χ0v) is 7.66. The lowest BCUT2D eigenvalue weighted by Gasteiger charge is -2.44. The van der Waals surface area contributed by atoms with Crippen LogP contribution in [0.2, 0.25) is 0 Å². The van der Waals surface area contributed by atoms with Crippen molar-refractivity contribution in [3.8, 4) is 0 Å². The van der Waals surface area contributed by atoms with E-state index in [1.165, 1.54) is 7.05 Å². The molecule has 1 heterocycles. The van der Waals surface area contributed by atoms with Crippen molar-refractivity contribution in [3.05, 3.63) is 0 Å². The van der Waals surface area contributed by atoms with Gasteiger partial charge in [-0.15, -0.1) is 0 Å². The lowest BCUT2D eigenvalue weighted by Crippen LogP contribution is -2.68. The average molecular weight is 209 g/mol. The Morgan fingerprint density at radius 3 is 2.29 bits per heavy atom. The first-order chi connectivity index (χ1) is 6.46. The summed E-state index contributed by atoms with van der Waals surface area (Å²) in [6, 6.07) is 0. The van der Waals surface area contributed by atoms with Gasteiger partial charge in [0.05, 0.1) is 6.61 Å². The van der Waals surface area contributed by atoms with Gasteiger partial charge in [-0.05, 0) is 7.05 Å². The monoisotopic (exact) mass is 209 g/mol. The highest BCUT2D eigenvalue weighted by Gasteiger charge is 2.52. The van der Waals surface area contributed by atoms with Gasteiger partial charge in [-0.1, -0.05) is 0 Å². The second-order valence-corrected chi connectivity index (χ2v) is 3.26. The van der Waals surface area contributed by atoms with Gasteiger partial charge in [0.1, 0.15) is 24.5 Å². The standard InChI is InChI=1S/C7H15NO6/c1-8-6-4(11)3(10)5(12)7(13,2-9)14-6/h3-6,8-13H,2H2,1H3/t3-,4+,5+,6?,7+/m1/s1. The van der Waals surface area contributed by atoms with Crippen LogP contribution in [0.3, 0.4) is 0 Å². The zero-order valence-electron chi connectivity index (χ0n) is 7.66. The first-order valence-electron chi connectivity index (χ1n) is 4.19. The Kier molecular flexibility index (Phi) is 3.43. The van der Waals surface area contributed by atoms with Gasteiger partial charge in [-0.25, -0.2) is 0 Å². The molecule has 1 rings (SSSR count). The fourth-order valence-electron chi connectivity index (χ4n) is 1.35. The minimum atomic E-state index is -2.26. The predicted molar refractivity (Wildman–Crippen MR) is 44.0 cm³/mol. The lowest BCUT2D eigenvalue weighted by molar-refractivity contribution is -0.358. The van der Waals surface area contributed by atoms with Crippen molar-refractivity contribution < 1.29 is 30.3 Å². The lowest BCUT2D eigenvalue weighted by atomic mass is 9.95. The van der Waals surface area contributed by atoms with Crippen LogP contribution in [0.1, 0.15) is 0 Å². The minimum absolute atomic E-state index is 0.879. The second kappa shape index (κ2) is 4.07. The summed E-state index contributed by atoms with van der Waals surface area (Å²) in [5, 5.41) is 48.7. The van der Waals surface area contributed by atoms with Crippen molar-refractivity contribution in [1.29, 1.82) is 0 Å². The minimum Gasteiger partial charge on any atom is -0.391 e. The summed E-state index contributed by atoms with van der Waals surface area (Å²) >= 11 is 0. The van der Waals surface area contributed by atoms with Crippen LogP contribution in [-0.4, -0.2) is 69.5 Å². The van der Waals surface area contributed by atoms with Crippen molar-refractivity contribution in [1.82, 2.24) is 5.32 Å². The van der Waals surface area contributed by atoms with Gasteiger partial charge in [-0.3, -0.25) is 5.32 Å². The third-order valence-corrected chi connectivity index (χ3v) is 2.29. The summed E-state index contributed by atoms with van der Waals surface area (Å²) in [4.78, 5) is 0. The van der Waals surface area contributed by atoms with Gasteiger partial charge in [-0.2, -0.15) is 0 Å². The van der Waals surface area contributed by atoms with Gasteiger partial charge in [0, 0.05) is 0 Å². The van der Waals surface area contributed by atoms with E-state index >= 15 is 0 Å². The van der Waals surface area contributed by atoms with Gasteiger partial charge in [0.25, 0.3) is 0 Å². The van der Waals surface area contributed by atoms with Crippen molar-refractivity contribution in [2.75, 3.05) is 13.7 Å². The molecule has 0 aliphatic carbocycles. The topological polar surface area (TPSA) is 122 Å². The molecular weight excluding hydrogens is 194 g/mol. The molecule has 0 saturated carbocycles. The maximum Gasteiger partial charge on any atom is 0.220 e. The van der Waals surface area contributed by atoms with Gasteiger partial charge < -0.3 is 30.3 Å². The SMILES string of the molecule is CNC1O[C@@](O)(CO)[C@@H](O)[C@H](O)[C@@H]1O. The summed E-state index contributed by atoms with van der Waals surface area (Å²) < 4.78 is 4.80. The van der Waals surface area contributed by atoms with E-state index in [4.69, 9.17) is 9.84 Å². The van der Waals surface area contributed by atoms with Crippen molar-refractivity contribution >= 4 is 0 Å². The molecule has 6 N–H and O–H groups in total. The van der Waals surface area contributed by atoms with Crippen molar-refractivity contribution in [2.45, 2.75) is 30.3 Å². The Hall–Kier alpha value is -0.280. The van der Waals surface area contributed by atoms with E-state index in [1.54, 1.807) is 0 Å². The molecule has 1 aliphatic rings. The Labute approximate surface area is 80.6 Å². The number of hydrogen-bond donors (Lipinski definition) is 6. The number of aliphatic hydroxyl groups is 5. The Bertz CT molecular complexity index is 201. The van der Waals surface area contributed by atoms with Crippen LogP contribution < -0.4 is 5.32 Å². The maximum atomic E-state index is 9.50. The Balaban J connectivity index is 2.84. The van der Waals surface area contributed by atoms with E-state index in [1.807, 2.05) is 0 Å².